The first kappa shape index (κ1) is 14.9. The van der Waals surface area contributed by atoms with Gasteiger partial charge in [-0.25, -0.2) is 4.39 Å². The van der Waals surface area contributed by atoms with Crippen LogP contribution in [0.1, 0.15) is 28.7 Å². The van der Waals surface area contributed by atoms with Crippen LogP contribution < -0.4 is 5.32 Å². The number of amides is 1. The summed E-state index contributed by atoms with van der Waals surface area (Å²) in [6.45, 7) is 0.191. The number of furan rings is 1. The van der Waals surface area contributed by atoms with Crippen molar-refractivity contribution in [2.45, 2.75) is 32.2 Å². The lowest BCUT2D eigenvalue weighted by Crippen LogP contribution is -2.24. The highest BCUT2D eigenvalue weighted by Gasteiger charge is 2.16. The van der Waals surface area contributed by atoms with E-state index in [2.05, 4.69) is 17.4 Å². The zero-order chi connectivity index (χ0) is 16.5. The largest absolute Gasteiger partial charge is 0.464 e. The van der Waals surface area contributed by atoms with Crippen LogP contribution >= 0.6 is 0 Å². The van der Waals surface area contributed by atoms with E-state index in [0.717, 1.165) is 29.4 Å². The van der Waals surface area contributed by atoms with E-state index in [4.69, 9.17) is 4.42 Å². The molecule has 1 N–H and O–H groups in total. The Morgan fingerprint density at radius 3 is 2.75 bits per heavy atom. The van der Waals surface area contributed by atoms with Gasteiger partial charge in [0, 0.05) is 23.1 Å². The van der Waals surface area contributed by atoms with Crippen LogP contribution in [0.25, 0.3) is 11.0 Å². The smallest absolute Gasteiger partial charge is 0.224 e. The third kappa shape index (κ3) is 2.80. The van der Waals surface area contributed by atoms with E-state index in [-0.39, 0.29) is 24.7 Å². The molecule has 122 valence electrons. The second kappa shape index (κ2) is 6.11. The highest BCUT2D eigenvalue weighted by Crippen LogP contribution is 2.30. The lowest BCUT2D eigenvalue weighted by atomic mass is 10.0. The van der Waals surface area contributed by atoms with Crippen molar-refractivity contribution in [2.24, 2.45) is 0 Å². The normalized spacial score (nSPS) is 13.2. The molecular formula is C20H18FNO2. The second-order valence-corrected chi connectivity index (χ2v) is 6.28. The van der Waals surface area contributed by atoms with Crippen LogP contribution in [-0.2, 0) is 30.6 Å². The van der Waals surface area contributed by atoms with Crippen molar-refractivity contribution < 1.29 is 13.6 Å². The van der Waals surface area contributed by atoms with Gasteiger partial charge in [-0.15, -0.1) is 0 Å². The number of fused-ring (bicyclic) bond motifs is 2. The maximum absolute atomic E-state index is 13.6. The summed E-state index contributed by atoms with van der Waals surface area (Å²) < 4.78 is 19.2. The van der Waals surface area contributed by atoms with E-state index >= 15 is 0 Å². The second-order valence-electron chi connectivity index (χ2n) is 6.28. The van der Waals surface area contributed by atoms with Gasteiger partial charge in [0.1, 0.15) is 11.4 Å². The molecule has 2 aromatic carbocycles. The highest BCUT2D eigenvalue weighted by atomic mass is 19.1. The number of halogens is 1. The van der Waals surface area contributed by atoms with Crippen molar-refractivity contribution in [3.8, 4) is 0 Å². The van der Waals surface area contributed by atoms with Gasteiger partial charge in [-0.3, -0.25) is 4.79 Å². The number of rotatable bonds is 4. The van der Waals surface area contributed by atoms with E-state index in [1.807, 2.05) is 0 Å². The van der Waals surface area contributed by atoms with Crippen LogP contribution in [0.4, 0.5) is 4.39 Å². The Kier molecular flexibility index (Phi) is 3.81. The van der Waals surface area contributed by atoms with Crippen LogP contribution in [0.2, 0.25) is 0 Å². The summed E-state index contributed by atoms with van der Waals surface area (Å²) in [7, 11) is 0. The van der Waals surface area contributed by atoms with E-state index in [9.17, 15) is 9.18 Å². The van der Waals surface area contributed by atoms with Crippen molar-refractivity contribution in [3.63, 3.8) is 0 Å². The molecule has 24 heavy (non-hydrogen) atoms. The standard InChI is InChI=1S/C20H18FNO2/c21-18-7-2-1-4-15(18)11-22-20(23)10-16-12-24-19-9-14-6-3-5-13(14)8-17(16)19/h1-2,4,7-9,12H,3,5-6,10-11H2,(H,22,23). The minimum atomic E-state index is -0.304. The van der Waals surface area contributed by atoms with Gasteiger partial charge in [-0.1, -0.05) is 18.2 Å². The maximum Gasteiger partial charge on any atom is 0.224 e. The van der Waals surface area contributed by atoms with Gasteiger partial charge >= 0.3 is 0 Å². The molecule has 0 unspecified atom stereocenters. The molecule has 1 heterocycles. The minimum absolute atomic E-state index is 0.138. The predicted octanol–water partition coefficient (Wildman–Crippen LogP) is 3.92. The average Bonchev–Trinajstić information content (AvgIpc) is 3.19. The van der Waals surface area contributed by atoms with Gasteiger partial charge in [-0.05, 0) is 48.6 Å². The Labute approximate surface area is 139 Å². The zero-order valence-corrected chi connectivity index (χ0v) is 13.3. The number of benzene rings is 2. The van der Waals surface area contributed by atoms with Gasteiger partial charge in [0.05, 0.1) is 12.7 Å². The highest BCUT2D eigenvalue weighted by molar-refractivity contribution is 5.88. The molecule has 3 aromatic rings. The quantitative estimate of drug-likeness (QED) is 0.791. The molecule has 3 nitrogen and oxygen atoms in total. The van der Waals surface area contributed by atoms with Crippen molar-refractivity contribution in [1.29, 1.82) is 0 Å². The Bertz CT molecular complexity index is 913. The number of carbonyl (C=O) groups excluding carboxylic acids is 1. The van der Waals surface area contributed by atoms with Gasteiger partial charge in [0.25, 0.3) is 0 Å². The van der Waals surface area contributed by atoms with Gasteiger partial charge in [0.15, 0.2) is 0 Å². The average molecular weight is 323 g/mol. The third-order valence-electron chi connectivity index (χ3n) is 4.65. The molecule has 1 amide bonds. The Balaban J connectivity index is 1.48. The van der Waals surface area contributed by atoms with E-state index in [1.54, 1.807) is 24.5 Å². The van der Waals surface area contributed by atoms with Crippen LogP contribution in [0, 0.1) is 5.82 Å². The van der Waals surface area contributed by atoms with E-state index in [0.29, 0.717) is 5.56 Å². The van der Waals surface area contributed by atoms with Crippen molar-refractivity contribution in [2.75, 3.05) is 0 Å². The van der Waals surface area contributed by atoms with Gasteiger partial charge in [0.2, 0.25) is 5.91 Å². The first-order chi connectivity index (χ1) is 11.7. The summed E-state index contributed by atoms with van der Waals surface area (Å²) in [5.41, 5.74) is 4.92. The van der Waals surface area contributed by atoms with Gasteiger partial charge in [-0.2, -0.15) is 0 Å². The summed E-state index contributed by atoms with van der Waals surface area (Å²) in [6, 6.07) is 10.7. The molecule has 1 aliphatic rings. The summed E-state index contributed by atoms with van der Waals surface area (Å²) in [5.74, 6) is -0.441. The Hall–Kier alpha value is -2.62. The molecule has 0 spiro atoms. The van der Waals surface area contributed by atoms with Crippen molar-refractivity contribution in [1.82, 2.24) is 5.32 Å². The molecule has 0 bridgehead atoms. The summed E-state index contributed by atoms with van der Waals surface area (Å²) in [6.07, 6.45) is 5.27. The first-order valence-corrected chi connectivity index (χ1v) is 8.22. The first-order valence-electron chi connectivity index (χ1n) is 8.22. The fraction of sp³-hybridized carbons (Fsp3) is 0.250. The third-order valence-corrected chi connectivity index (χ3v) is 4.65. The van der Waals surface area contributed by atoms with Crippen molar-refractivity contribution >= 4 is 16.9 Å². The molecule has 0 atom stereocenters. The van der Waals surface area contributed by atoms with Crippen molar-refractivity contribution in [3.05, 3.63) is 70.7 Å². The summed E-state index contributed by atoms with van der Waals surface area (Å²) >= 11 is 0. The number of aryl methyl sites for hydroxylation is 2. The fourth-order valence-corrected chi connectivity index (χ4v) is 3.36. The fourth-order valence-electron chi connectivity index (χ4n) is 3.36. The molecule has 0 saturated carbocycles. The molecule has 1 aliphatic carbocycles. The molecule has 1 aromatic heterocycles. The molecule has 0 fully saturated rings. The van der Waals surface area contributed by atoms with Crippen LogP contribution in [0.15, 0.2) is 47.1 Å². The Morgan fingerprint density at radius 1 is 1.12 bits per heavy atom. The van der Waals surface area contributed by atoms with Crippen LogP contribution in [0.5, 0.6) is 0 Å². The number of hydrogen-bond acceptors (Lipinski definition) is 2. The van der Waals surface area contributed by atoms with Gasteiger partial charge < -0.3 is 9.73 Å². The lowest BCUT2D eigenvalue weighted by Gasteiger charge is -2.06. The molecule has 0 saturated heterocycles. The topological polar surface area (TPSA) is 42.2 Å². The molecule has 4 rings (SSSR count). The minimum Gasteiger partial charge on any atom is -0.464 e. The Morgan fingerprint density at radius 2 is 1.92 bits per heavy atom. The maximum atomic E-state index is 13.6. The summed E-state index contributed by atoms with van der Waals surface area (Å²) in [4.78, 5) is 12.2. The molecule has 0 radical (unpaired) electrons. The summed E-state index contributed by atoms with van der Waals surface area (Å²) in [5, 5.41) is 3.79. The number of nitrogens with one attached hydrogen (secondary N) is 1. The number of hydrogen-bond donors (Lipinski definition) is 1. The molecule has 4 heteroatoms. The van der Waals surface area contributed by atoms with E-state index in [1.165, 1.54) is 23.6 Å². The zero-order valence-electron chi connectivity index (χ0n) is 13.3. The number of carbonyl (C=O) groups is 1. The van der Waals surface area contributed by atoms with E-state index < -0.39 is 0 Å². The lowest BCUT2D eigenvalue weighted by molar-refractivity contribution is -0.120. The SMILES string of the molecule is O=C(Cc1coc2cc3c(cc12)CCC3)NCc1ccccc1F. The molecular weight excluding hydrogens is 305 g/mol. The van der Waals surface area contributed by atoms with Crippen LogP contribution in [0.3, 0.4) is 0 Å². The molecule has 0 aliphatic heterocycles. The van der Waals surface area contributed by atoms with Crippen LogP contribution in [-0.4, -0.2) is 5.91 Å². The predicted molar refractivity (Wildman–Crippen MR) is 90.2 cm³/mol. The monoisotopic (exact) mass is 323 g/mol.